The molecule has 0 saturated heterocycles. The predicted molar refractivity (Wildman–Crippen MR) is 55.8 cm³/mol. The number of halogens is 1. The van der Waals surface area contributed by atoms with E-state index in [0.29, 0.717) is 10.7 Å². The van der Waals surface area contributed by atoms with E-state index in [1.54, 1.807) is 12.1 Å². The molecule has 1 heterocycles. The summed E-state index contributed by atoms with van der Waals surface area (Å²) in [6.45, 7) is 0. The van der Waals surface area contributed by atoms with Gasteiger partial charge in [-0.25, -0.2) is 0 Å². The lowest BCUT2D eigenvalue weighted by molar-refractivity contribution is -0.593. The SMILES string of the molecule is [O-][n+]1ccc(Cl)cc1-c1ccccc1. The highest BCUT2D eigenvalue weighted by molar-refractivity contribution is 6.30. The van der Waals surface area contributed by atoms with E-state index >= 15 is 0 Å². The summed E-state index contributed by atoms with van der Waals surface area (Å²) in [5.41, 5.74) is 1.43. The molecule has 14 heavy (non-hydrogen) atoms. The number of hydrogen-bond acceptors (Lipinski definition) is 1. The lowest BCUT2D eigenvalue weighted by atomic mass is 10.1. The van der Waals surface area contributed by atoms with Crippen LogP contribution in [0.1, 0.15) is 0 Å². The number of benzene rings is 1. The second-order valence-electron chi connectivity index (χ2n) is 2.92. The molecule has 0 aliphatic rings. The van der Waals surface area contributed by atoms with Crippen LogP contribution >= 0.6 is 11.6 Å². The van der Waals surface area contributed by atoms with Gasteiger partial charge in [-0.05, 0) is 12.1 Å². The predicted octanol–water partition coefficient (Wildman–Crippen LogP) is 2.64. The van der Waals surface area contributed by atoms with Crippen LogP contribution in [0, 0.1) is 5.21 Å². The minimum atomic E-state index is 0.566. The van der Waals surface area contributed by atoms with Crippen LogP contribution in [0.15, 0.2) is 48.7 Å². The fourth-order valence-corrected chi connectivity index (χ4v) is 1.44. The third-order valence-electron chi connectivity index (χ3n) is 1.95. The van der Waals surface area contributed by atoms with Gasteiger partial charge in [0, 0.05) is 17.7 Å². The first-order valence-electron chi connectivity index (χ1n) is 4.21. The molecule has 70 valence electrons. The van der Waals surface area contributed by atoms with E-state index in [4.69, 9.17) is 11.6 Å². The van der Waals surface area contributed by atoms with Crippen LogP contribution < -0.4 is 4.73 Å². The largest absolute Gasteiger partial charge is 0.618 e. The van der Waals surface area contributed by atoms with Crippen molar-refractivity contribution >= 4 is 11.6 Å². The molecule has 0 radical (unpaired) electrons. The first-order chi connectivity index (χ1) is 6.77. The van der Waals surface area contributed by atoms with Crippen LogP contribution in [-0.2, 0) is 0 Å². The fraction of sp³-hybridized carbons (Fsp3) is 0. The average Bonchev–Trinajstić information content (AvgIpc) is 2.23. The van der Waals surface area contributed by atoms with Gasteiger partial charge in [0.2, 0.25) is 5.69 Å². The second-order valence-corrected chi connectivity index (χ2v) is 3.36. The molecule has 0 unspecified atom stereocenters. The normalized spacial score (nSPS) is 10.1. The molecule has 2 rings (SSSR count). The number of rotatable bonds is 1. The summed E-state index contributed by atoms with van der Waals surface area (Å²) in [6.07, 6.45) is 1.41. The van der Waals surface area contributed by atoms with E-state index < -0.39 is 0 Å². The Morgan fingerprint density at radius 3 is 2.50 bits per heavy atom. The fourth-order valence-electron chi connectivity index (χ4n) is 1.28. The Balaban J connectivity index is 2.57. The quantitative estimate of drug-likeness (QED) is 0.519. The summed E-state index contributed by atoms with van der Waals surface area (Å²) in [5.74, 6) is 0. The minimum Gasteiger partial charge on any atom is -0.618 e. The van der Waals surface area contributed by atoms with E-state index in [0.717, 1.165) is 10.3 Å². The highest BCUT2D eigenvalue weighted by Gasteiger charge is 2.07. The molecule has 2 aromatic rings. The molecular weight excluding hydrogens is 198 g/mol. The molecule has 0 spiro atoms. The maximum atomic E-state index is 11.4. The summed E-state index contributed by atoms with van der Waals surface area (Å²) in [7, 11) is 0. The van der Waals surface area contributed by atoms with Gasteiger partial charge in [0.15, 0.2) is 6.20 Å². The van der Waals surface area contributed by atoms with Gasteiger partial charge in [0.05, 0.1) is 5.02 Å². The van der Waals surface area contributed by atoms with E-state index in [1.807, 2.05) is 30.3 Å². The first kappa shape index (κ1) is 9.03. The number of aromatic nitrogens is 1. The van der Waals surface area contributed by atoms with Crippen LogP contribution in [0.3, 0.4) is 0 Å². The summed E-state index contributed by atoms with van der Waals surface area (Å²) in [6, 6.07) is 12.7. The number of nitrogens with zero attached hydrogens (tertiary/aromatic N) is 1. The molecule has 0 aliphatic heterocycles. The van der Waals surface area contributed by atoms with Crippen molar-refractivity contribution in [1.29, 1.82) is 0 Å². The standard InChI is InChI=1S/C11H8ClNO/c12-10-6-7-13(14)11(8-10)9-4-2-1-3-5-9/h1-8H. The van der Waals surface area contributed by atoms with Crippen LogP contribution in [0.4, 0.5) is 0 Å². The summed E-state index contributed by atoms with van der Waals surface area (Å²) in [4.78, 5) is 0. The molecule has 0 N–H and O–H groups in total. The molecule has 1 aromatic heterocycles. The third kappa shape index (κ3) is 1.70. The maximum Gasteiger partial charge on any atom is 0.225 e. The van der Waals surface area contributed by atoms with Crippen molar-refractivity contribution in [3.05, 3.63) is 58.9 Å². The van der Waals surface area contributed by atoms with Crippen LogP contribution in [-0.4, -0.2) is 0 Å². The Kier molecular flexibility index (Phi) is 2.37. The first-order valence-corrected chi connectivity index (χ1v) is 4.59. The van der Waals surface area contributed by atoms with Gasteiger partial charge >= 0.3 is 0 Å². The molecule has 0 bridgehead atoms. The number of pyridine rings is 1. The molecule has 0 aliphatic carbocycles. The zero-order valence-corrected chi connectivity index (χ0v) is 8.11. The topological polar surface area (TPSA) is 26.9 Å². The van der Waals surface area contributed by atoms with Crippen LogP contribution in [0.5, 0.6) is 0 Å². The zero-order valence-electron chi connectivity index (χ0n) is 7.35. The van der Waals surface area contributed by atoms with Gasteiger partial charge in [0.1, 0.15) is 0 Å². The van der Waals surface area contributed by atoms with Gasteiger partial charge < -0.3 is 5.21 Å². The Hall–Kier alpha value is -1.54. The second kappa shape index (κ2) is 3.68. The lowest BCUT2D eigenvalue weighted by Gasteiger charge is -2.03. The Labute approximate surface area is 87.0 Å². The van der Waals surface area contributed by atoms with Crippen molar-refractivity contribution in [2.75, 3.05) is 0 Å². The molecule has 0 saturated carbocycles. The molecule has 3 heteroatoms. The summed E-state index contributed by atoms with van der Waals surface area (Å²) >= 11 is 5.81. The van der Waals surface area contributed by atoms with Gasteiger partial charge in [-0.1, -0.05) is 29.8 Å². The van der Waals surface area contributed by atoms with Crippen LogP contribution in [0.2, 0.25) is 5.02 Å². The minimum absolute atomic E-state index is 0.566. The molecule has 0 atom stereocenters. The van der Waals surface area contributed by atoms with Crippen molar-refractivity contribution in [2.45, 2.75) is 0 Å². The van der Waals surface area contributed by atoms with E-state index in [-0.39, 0.29) is 0 Å². The highest BCUT2D eigenvalue weighted by Crippen LogP contribution is 2.17. The van der Waals surface area contributed by atoms with Crippen molar-refractivity contribution < 1.29 is 4.73 Å². The Morgan fingerprint density at radius 1 is 1.07 bits per heavy atom. The smallest absolute Gasteiger partial charge is 0.225 e. The van der Waals surface area contributed by atoms with E-state index in [1.165, 1.54) is 6.20 Å². The van der Waals surface area contributed by atoms with Crippen molar-refractivity contribution in [3.63, 3.8) is 0 Å². The molecular formula is C11H8ClNO. The lowest BCUT2D eigenvalue weighted by Crippen LogP contribution is -2.28. The van der Waals surface area contributed by atoms with Crippen molar-refractivity contribution in [3.8, 4) is 11.3 Å². The number of hydrogen-bond donors (Lipinski definition) is 0. The van der Waals surface area contributed by atoms with Crippen molar-refractivity contribution in [2.24, 2.45) is 0 Å². The van der Waals surface area contributed by atoms with E-state index in [2.05, 4.69) is 0 Å². The van der Waals surface area contributed by atoms with Gasteiger partial charge in [0.25, 0.3) is 0 Å². The van der Waals surface area contributed by atoms with Gasteiger partial charge in [-0.15, -0.1) is 0 Å². The third-order valence-corrected chi connectivity index (χ3v) is 2.19. The Morgan fingerprint density at radius 2 is 1.79 bits per heavy atom. The summed E-state index contributed by atoms with van der Waals surface area (Å²) < 4.78 is 0.807. The highest BCUT2D eigenvalue weighted by atomic mass is 35.5. The van der Waals surface area contributed by atoms with Gasteiger partial charge in [-0.3, -0.25) is 0 Å². The molecule has 1 aromatic carbocycles. The molecule has 0 fully saturated rings. The van der Waals surface area contributed by atoms with E-state index in [9.17, 15) is 5.21 Å². The Bertz CT molecular complexity index is 442. The molecule has 0 amide bonds. The monoisotopic (exact) mass is 205 g/mol. The maximum absolute atomic E-state index is 11.4. The van der Waals surface area contributed by atoms with Gasteiger partial charge in [-0.2, -0.15) is 4.73 Å². The summed E-state index contributed by atoms with van der Waals surface area (Å²) in [5, 5.41) is 12.0. The van der Waals surface area contributed by atoms with Crippen LogP contribution in [0.25, 0.3) is 11.3 Å². The zero-order chi connectivity index (χ0) is 9.97. The van der Waals surface area contributed by atoms with Crippen molar-refractivity contribution in [1.82, 2.24) is 0 Å². The average molecular weight is 206 g/mol. The molecule has 2 nitrogen and oxygen atoms in total.